The number of carbonyl (C=O) groups is 2. The summed E-state index contributed by atoms with van der Waals surface area (Å²) in [7, 11) is 0. The molecule has 0 aliphatic heterocycles. The molecule has 0 heterocycles. The number of thioether (sulfide) groups is 1. The van der Waals surface area contributed by atoms with Gasteiger partial charge in [-0.15, -0.1) is 0 Å². The molecule has 5 nitrogen and oxygen atoms in total. The SMILES string of the molecule is CCC(C)(C)C(C)C(=O)Sc1cc(C(=O)N=[N+]=[N-])c(F)cc1Cl. The number of carbonyl (C=O) groups excluding carboxylic acids is 2. The molecule has 1 aromatic carbocycles. The van der Waals surface area contributed by atoms with Crippen molar-refractivity contribution in [2.75, 3.05) is 0 Å². The van der Waals surface area contributed by atoms with E-state index in [9.17, 15) is 14.0 Å². The first kappa shape index (κ1) is 19.5. The van der Waals surface area contributed by atoms with Crippen LogP contribution in [0, 0.1) is 17.2 Å². The van der Waals surface area contributed by atoms with E-state index >= 15 is 0 Å². The number of azide groups is 1. The van der Waals surface area contributed by atoms with Crippen molar-refractivity contribution in [3.8, 4) is 0 Å². The standard InChI is InChI=1S/C15H17ClFN3O2S/c1-5-15(3,4)8(2)14(22)23-12-6-9(13(21)19-20-18)11(17)7-10(12)16/h6-8H,5H2,1-4H3. The van der Waals surface area contributed by atoms with Crippen molar-refractivity contribution in [1.29, 1.82) is 0 Å². The minimum absolute atomic E-state index is 0.0276. The zero-order valence-corrected chi connectivity index (χ0v) is 14.8. The molecule has 1 unspecified atom stereocenters. The molecule has 0 aromatic heterocycles. The van der Waals surface area contributed by atoms with Crippen molar-refractivity contribution >= 4 is 34.4 Å². The highest BCUT2D eigenvalue weighted by atomic mass is 35.5. The first-order valence-electron chi connectivity index (χ1n) is 6.94. The minimum atomic E-state index is -1.06. The lowest BCUT2D eigenvalue weighted by Crippen LogP contribution is -2.26. The molecule has 1 rings (SSSR count). The number of benzene rings is 1. The van der Waals surface area contributed by atoms with Crippen LogP contribution >= 0.6 is 23.4 Å². The highest BCUT2D eigenvalue weighted by Gasteiger charge is 2.30. The minimum Gasteiger partial charge on any atom is -0.287 e. The van der Waals surface area contributed by atoms with E-state index in [1.165, 1.54) is 0 Å². The highest BCUT2D eigenvalue weighted by molar-refractivity contribution is 8.13. The fourth-order valence-corrected chi connectivity index (χ4v) is 3.00. The van der Waals surface area contributed by atoms with E-state index in [1.807, 2.05) is 27.7 Å². The first-order chi connectivity index (χ1) is 10.6. The van der Waals surface area contributed by atoms with Gasteiger partial charge in [0.25, 0.3) is 5.91 Å². The largest absolute Gasteiger partial charge is 0.287 e. The summed E-state index contributed by atoms with van der Waals surface area (Å²) in [5.41, 5.74) is 7.67. The molecule has 23 heavy (non-hydrogen) atoms. The van der Waals surface area contributed by atoms with E-state index in [1.54, 1.807) is 0 Å². The van der Waals surface area contributed by atoms with Gasteiger partial charge in [-0.3, -0.25) is 9.59 Å². The van der Waals surface area contributed by atoms with Crippen LogP contribution in [-0.2, 0) is 4.79 Å². The lowest BCUT2D eigenvalue weighted by atomic mass is 9.78. The summed E-state index contributed by atoms with van der Waals surface area (Å²) in [5, 5.41) is 2.75. The Bertz CT molecular complexity index is 688. The molecule has 1 aromatic rings. The molecule has 0 saturated heterocycles. The van der Waals surface area contributed by atoms with Crippen molar-refractivity contribution in [3.05, 3.63) is 39.0 Å². The maximum Gasteiger partial charge on any atom is 0.252 e. The molecule has 0 aliphatic rings. The highest BCUT2D eigenvalue weighted by Crippen LogP contribution is 2.38. The molecular weight excluding hydrogens is 341 g/mol. The Morgan fingerprint density at radius 3 is 2.61 bits per heavy atom. The van der Waals surface area contributed by atoms with Gasteiger partial charge in [0.1, 0.15) is 5.82 Å². The normalized spacial score (nSPS) is 12.4. The van der Waals surface area contributed by atoms with Crippen LogP contribution in [0.2, 0.25) is 5.02 Å². The fraction of sp³-hybridized carbons (Fsp3) is 0.467. The monoisotopic (exact) mass is 357 g/mol. The van der Waals surface area contributed by atoms with Crippen LogP contribution in [0.4, 0.5) is 4.39 Å². The van der Waals surface area contributed by atoms with E-state index in [2.05, 4.69) is 10.0 Å². The average molecular weight is 358 g/mol. The molecule has 1 amide bonds. The second-order valence-electron chi connectivity index (χ2n) is 5.74. The van der Waals surface area contributed by atoms with E-state index < -0.39 is 17.3 Å². The molecule has 1 atom stereocenters. The van der Waals surface area contributed by atoms with Crippen LogP contribution in [0.15, 0.2) is 22.1 Å². The van der Waals surface area contributed by atoms with Gasteiger partial charge in [0, 0.05) is 15.7 Å². The van der Waals surface area contributed by atoms with E-state index in [0.717, 1.165) is 30.3 Å². The van der Waals surface area contributed by atoms with Crippen molar-refractivity contribution in [2.45, 2.75) is 39.0 Å². The van der Waals surface area contributed by atoms with Gasteiger partial charge >= 0.3 is 0 Å². The quantitative estimate of drug-likeness (QED) is 0.296. The number of amides is 1. The summed E-state index contributed by atoms with van der Waals surface area (Å²) in [6, 6.07) is 2.08. The zero-order valence-electron chi connectivity index (χ0n) is 13.3. The summed E-state index contributed by atoms with van der Waals surface area (Å²) >= 11 is 6.81. The predicted octanol–water partition coefficient (Wildman–Crippen LogP) is 5.62. The predicted molar refractivity (Wildman–Crippen MR) is 89.0 cm³/mol. The first-order valence-corrected chi connectivity index (χ1v) is 8.13. The summed E-state index contributed by atoms with van der Waals surface area (Å²) in [6.45, 7) is 7.79. The number of hydrogen-bond acceptors (Lipinski definition) is 3. The van der Waals surface area contributed by atoms with Crippen molar-refractivity contribution < 1.29 is 14.0 Å². The molecule has 0 saturated carbocycles. The molecule has 8 heteroatoms. The molecule has 0 aliphatic carbocycles. The van der Waals surface area contributed by atoms with Gasteiger partial charge in [-0.05, 0) is 28.2 Å². The van der Waals surface area contributed by atoms with Crippen LogP contribution in [0.5, 0.6) is 0 Å². The van der Waals surface area contributed by atoms with E-state index in [-0.39, 0.29) is 26.4 Å². The average Bonchev–Trinajstić information content (AvgIpc) is 2.49. The van der Waals surface area contributed by atoms with Gasteiger partial charge in [-0.25, -0.2) is 4.39 Å². The Labute approximate surface area is 143 Å². The number of nitrogens with zero attached hydrogens (tertiary/aromatic N) is 3. The van der Waals surface area contributed by atoms with E-state index in [0.29, 0.717) is 0 Å². The Hall–Kier alpha value is -1.56. The van der Waals surface area contributed by atoms with Crippen LogP contribution in [0.3, 0.4) is 0 Å². The summed E-state index contributed by atoms with van der Waals surface area (Å²) < 4.78 is 13.8. The lowest BCUT2D eigenvalue weighted by Gasteiger charge is -2.29. The van der Waals surface area contributed by atoms with Crippen LogP contribution in [0.1, 0.15) is 44.5 Å². The van der Waals surface area contributed by atoms with Crippen LogP contribution < -0.4 is 0 Å². The maximum atomic E-state index is 13.8. The van der Waals surface area contributed by atoms with Gasteiger partial charge in [-0.1, -0.05) is 57.5 Å². The molecule has 0 spiro atoms. The third kappa shape index (κ3) is 4.70. The van der Waals surface area contributed by atoms with Gasteiger partial charge in [0.05, 0.1) is 10.6 Å². The number of halogens is 2. The smallest absolute Gasteiger partial charge is 0.252 e. The summed E-state index contributed by atoms with van der Waals surface area (Å²) in [6.07, 6.45) is 0.818. The Morgan fingerprint density at radius 1 is 1.48 bits per heavy atom. The van der Waals surface area contributed by atoms with Crippen molar-refractivity contribution in [3.63, 3.8) is 0 Å². The summed E-state index contributed by atoms with van der Waals surface area (Å²) in [5.74, 6) is -2.21. The number of hydrogen-bond donors (Lipinski definition) is 0. The van der Waals surface area contributed by atoms with Crippen LogP contribution in [0.25, 0.3) is 10.4 Å². The Morgan fingerprint density at radius 2 is 2.09 bits per heavy atom. The fourth-order valence-electron chi connectivity index (χ4n) is 1.69. The molecule has 0 radical (unpaired) electrons. The lowest BCUT2D eigenvalue weighted by molar-refractivity contribution is -0.117. The molecule has 0 fully saturated rings. The molecule has 0 N–H and O–H groups in total. The van der Waals surface area contributed by atoms with Crippen molar-refractivity contribution in [2.24, 2.45) is 16.4 Å². The van der Waals surface area contributed by atoms with E-state index in [4.69, 9.17) is 17.1 Å². The maximum absolute atomic E-state index is 13.8. The Kier molecular flexibility index (Phi) is 6.62. The second-order valence-corrected chi connectivity index (χ2v) is 7.20. The zero-order chi connectivity index (χ0) is 17.8. The van der Waals surface area contributed by atoms with Crippen molar-refractivity contribution in [1.82, 2.24) is 0 Å². The van der Waals surface area contributed by atoms with Gasteiger partial charge in [-0.2, -0.15) is 0 Å². The Balaban J connectivity index is 3.14. The number of rotatable bonds is 5. The molecular formula is C15H17ClFN3O2S. The second kappa shape index (κ2) is 7.81. The van der Waals surface area contributed by atoms with Crippen LogP contribution in [-0.4, -0.2) is 11.0 Å². The van der Waals surface area contributed by atoms with Gasteiger partial charge < -0.3 is 0 Å². The third-order valence-corrected chi connectivity index (χ3v) is 5.57. The molecule has 124 valence electrons. The van der Waals surface area contributed by atoms with Gasteiger partial charge in [0.15, 0.2) is 5.12 Å². The summed E-state index contributed by atoms with van der Waals surface area (Å²) in [4.78, 5) is 26.6. The van der Waals surface area contributed by atoms with Gasteiger partial charge in [0.2, 0.25) is 0 Å². The molecule has 0 bridgehead atoms. The third-order valence-electron chi connectivity index (χ3n) is 4.04. The topological polar surface area (TPSA) is 82.9 Å².